The van der Waals surface area contributed by atoms with Gasteiger partial charge < -0.3 is 10.2 Å². The van der Waals surface area contributed by atoms with Crippen LogP contribution in [-0.4, -0.2) is 33.1 Å². The van der Waals surface area contributed by atoms with Crippen molar-refractivity contribution in [1.29, 1.82) is 0 Å². The predicted octanol–water partition coefficient (Wildman–Crippen LogP) is 4.22. The molecule has 0 bridgehead atoms. The summed E-state index contributed by atoms with van der Waals surface area (Å²) in [6, 6.07) is 3.94. The van der Waals surface area contributed by atoms with Gasteiger partial charge in [-0.15, -0.1) is 0 Å². The Balaban J connectivity index is 1.65. The lowest BCUT2D eigenvalue weighted by molar-refractivity contribution is -0.137. The summed E-state index contributed by atoms with van der Waals surface area (Å²) < 4.78 is 53.8. The van der Waals surface area contributed by atoms with Gasteiger partial charge in [0.25, 0.3) is 11.8 Å². The average molecular weight is 447 g/mol. The highest BCUT2D eigenvalue weighted by molar-refractivity contribution is 6.13. The van der Waals surface area contributed by atoms with Crippen LogP contribution in [0.2, 0.25) is 0 Å². The summed E-state index contributed by atoms with van der Waals surface area (Å²) >= 11 is 0. The molecule has 7 nitrogen and oxygen atoms in total. The molecule has 166 valence electrons. The number of carbonyl (C=O) groups is 2. The van der Waals surface area contributed by atoms with E-state index in [9.17, 15) is 27.2 Å². The molecule has 11 heteroatoms. The zero-order valence-corrected chi connectivity index (χ0v) is 16.9. The van der Waals surface area contributed by atoms with E-state index < -0.39 is 29.4 Å². The van der Waals surface area contributed by atoms with Gasteiger partial charge in [-0.25, -0.2) is 4.39 Å². The molecule has 1 N–H and O–H groups in total. The smallest absolute Gasteiger partial charge is 0.319 e. The fourth-order valence-electron chi connectivity index (χ4n) is 3.52. The molecule has 0 radical (unpaired) electrons. The van der Waals surface area contributed by atoms with Crippen molar-refractivity contribution in [2.24, 2.45) is 0 Å². The molecule has 32 heavy (non-hydrogen) atoms. The van der Waals surface area contributed by atoms with Crippen molar-refractivity contribution < 1.29 is 27.2 Å². The first-order valence-electron chi connectivity index (χ1n) is 9.56. The van der Waals surface area contributed by atoms with Crippen molar-refractivity contribution >= 4 is 23.2 Å². The lowest BCUT2D eigenvalue weighted by Gasteiger charge is -2.32. The molecule has 4 rings (SSSR count). The minimum Gasteiger partial charge on any atom is -0.319 e. The lowest BCUT2D eigenvalue weighted by Crippen LogP contribution is -2.43. The molecular formula is C21H17F4N5O2. The maximum atomic E-state index is 13.8. The third kappa shape index (κ3) is 3.70. The fourth-order valence-corrected chi connectivity index (χ4v) is 3.52. The maximum absolute atomic E-state index is 13.8. The molecular weight excluding hydrogens is 430 g/mol. The van der Waals surface area contributed by atoms with E-state index in [1.807, 2.05) is 0 Å². The molecule has 1 aliphatic rings. The van der Waals surface area contributed by atoms with E-state index >= 15 is 0 Å². The van der Waals surface area contributed by atoms with Crippen LogP contribution in [0, 0.1) is 12.7 Å². The van der Waals surface area contributed by atoms with Crippen LogP contribution >= 0.6 is 0 Å². The molecule has 1 aliphatic heterocycles. The summed E-state index contributed by atoms with van der Waals surface area (Å²) in [4.78, 5) is 30.8. The number of rotatable bonds is 3. The van der Waals surface area contributed by atoms with E-state index in [2.05, 4.69) is 15.4 Å². The Bertz CT molecular complexity index is 1200. The van der Waals surface area contributed by atoms with Gasteiger partial charge in [0.1, 0.15) is 5.82 Å². The molecule has 2 amide bonds. The topological polar surface area (TPSA) is 80.1 Å². The number of alkyl halides is 3. The van der Waals surface area contributed by atoms with Crippen LogP contribution in [0.4, 0.5) is 28.9 Å². The van der Waals surface area contributed by atoms with Gasteiger partial charge in [0.2, 0.25) is 0 Å². The van der Waals surface area contributed by atoms with Crippen LogP contribution < -0.4 is 10.2 Å². The van der Waals surface area contributed by atoms with Crippen LogP contribution in [0.15, 0.2) is 42.9 Å². The van der Waals surface area contributed by atoms with E-state index in [0.717, 1.165) is 18.3 Å². The monoisotopic (exact) mass is 447 g/mol. The number of halogens is 4. The fraction of sp³-hybridized carbons (Fsp3) is 0.238. The quantitative estimate of drug-likeness (QED) is 0.610. The van der Waals surface area contributed by atoms with Gasteiger partial charge in [-0.3, -0.25) is 19.3 Å². The number of aromatic nitrogens is 3. The van der Waals surface area contributed by atoms with Crippen molar-refractivity contribution in [2.75, 3.05) is 16.8 Å². The first kappa shape index (κ1) is 21.5. The zero-order chi connectivity index (χ0) is 23.2. The summed E-state index contributed by atoms with van der Waals surface area (Å²) in [5, 5.41) is 6.73. The van der Waals surface area contributed by atoms with Gasteiger partial charge in [-0.2, -0.15) is 18.3 Å². The molecule has 1 atom stereocenters. The van der Waals surface area contributed by atoms with Gasteiger partial charge in [0.05, 0.1) is 35.2 Å². The molecule has 0 spiro atoms. The van der Waals surface area contributed by atoms with Crippen LogP contribution in [0.25, 0.3) is 0 Å². The van der Waals surface area contributed by atoms with Crippen molar-refractivity contribution in [2.45, 2.75) is 26.1 Å². The van der Waals surface area contributed by atoms with Gasteiger partial charge in [-0.05, 0) is 38.1 Å². The Morgan fingerprint density at radius 2 is 1.84 bits per heavy atom. The zero-order valence-electron chi connectivity index (χ0n) is 16.9. The largest absolute Gasteiger partial charge is 0.416 e. The molecule has 0 saturated heterocycles. The number of amides is 2. The van der Waals surface area contributed by atoms with Gasteiger partial charge in [-0.1, -0.05) is 0 Å². The van der Waals surface area contributed by atoms with Gasteiger partial charge in [0.15, 0.2) is 5.69 Å². The number of nitrogens with one attached hydrogen (secondary N) is 1. The Morgan fingerprint density at radius 3 is 2.50 bits per heavy atom. The third-order valence-corrected chi connectivity index (χ3v) is 5.26. The predicted molar refractivity (Wildman–Crippen MR) is 107 cm³/mol. The summed E-state index contributed by atoms with van der Waals surface area (Å²) in [5.41, 5.74) is -0.267. The Labute approximate surface area is 179 Å². The van der Waals surface area contributed by atoms with E-state index in [4.69, 9.17) is 0 Å². The molecule has 0 unspecified atom stereocenters. The minimum absolute atomic E-state index is 0.000789. The molecule has 0 fully saturated rings. The number of carbonyl (C=O) groups excluding carboxylic acids is 2. The van der Waals surface area contributed by atoms with E-state index in [0.29, 0.717) is 0 Å². The highest BCUT2D eigenvalue weighted by atomic mass is 19.4. The van der Waals surface area contributed by atoms with Crippen molar-refractivity contribution in [1.82, 2.24) is 14.8 Å². The Morgan fingerprint density at radius 1 is 1.16 bits per heavy atom. The van der Waals surface area contributed by atoms with E-state index in [-0.39, 0.29) is 40.8 Å². The van der Waals surface area contributed by atoms with E-state index in [1.54, 1.807) is 6.92 Å². The Kier molecular flexibility index (Phi) is 5.19. The summed E-state index contributed by atoms with van der Waals surface area (Å²) in [5.74, 6) is -1.85. The van der Waals surface area contributed by atoms with E-state index in [1.165, 1.54) is 41.0 Å². The van der Waals surface area contributed by atoms with Crippen molar-refractivity contribution in [3.63, 3.8) is 0 Å². The number of anilines is 2. The molecule has 0 saturated carbocycles. The maximum Gasteiger partial charge on any atom is 0.416 e. The van der Waals surface area contributed by atoms with Crippen molar-refractivity contribution in [3.8, 4) is 0 Å². The molecule has 3 aromatic rings. The van der Waals surface area contributed by atoms with Crippen LogP contribution in [0.3, 0.4) is 0 Å². The van der Waals surface area contributed by atoms with Crippen LogP contribution in [0.5, 0.6) is 0 Å². The van der Waals surface area contributed by atoms with Crippen molar-refractivity contribution in [3.05, 3.63) is 71.1 Å². The van der Waals surface area contributed by atoms with Gasteiger partial charge in [0, 0.05) is 24.0 Å². The number of benzene rings is 1. The SMILES string of the molecule is Cc1c(F)cncc1C(=O)Nc1cnn2c1C(=O)N(c1ccc(C(F)(F)F)cc1)C[C@@H]2C. The summed E-state index contributed by atoms with van der Waals surface area (Å²) in [6.45, 7) is 3.39. The number of pyridine rings is 1. The average Bonchev–Trinajstić information content (AvgIpc) is 3.16. The highest BCUT2D eigenvalue weighted by Crippen LogP contribution is 2.33. The normalized spacial score (nSPS) is 16.1. The summed E-state index contributed by atoms with van der Waals surface area (Å²) in [7, 11) is 0. The van der Waals surface area contributed by atoms with Crippen LogP contribution in [-0.2, 0) is 6.18 Å². The third-order valence-electron chi connectivity index (χ3n) is 5.26. The molecule has 3 heterocycles. The first-order chi connectivity index (χ1) is 15.1. The van der Waals surface area contributed by atoms with Gasteiger partial charge >= 0.3 is 6.18 Å². The molecule has 2 aromatic heterocycles. The second-order valence-corrected chi connectivity index (χ2v) is 7.41. The minimum atomic E-state index is -4.49. The summed E-state index contributed by atoms with van der Waals surface area (Å²) in [6.07, 6.45) is -0.985. The first-order valence-corrected chi connectivity index (χ1v) is 9.56. The lowest BCUT2D eigenvalue weighted by atomic mass is 10.1. The second kappa shape index (κ2) is 7.74. The Hall–Kier alpha value is -3.76. The van der Waals surface area contributed by atoms with Crippen LogP contribution in [0.1, 0.15) is 44.9 Å². The molecule has 0 aliphatic carbocycles. The standard InChI is InChI=1S/C21H17F4N5O2/c1-11-10-29(14-5-3-13(4-6-14)21(23,24)25)20(32)18-17(9-27-30(11)18)28-19(31)15-7-26-8-16(22)12(15)2/h3-9,11H,10H2,1-2H3,(H,28,31)/t11-/m0/s1. The molecule has 1 aromatic carbocycles. The number of fused-ring (bicyclic) bond motifs is 1. The highest BCUT2D eigenvalue weighted by Gasteiger charge is 2.35. The number of nitrogens with zero attached hydrogens (tertiary/aromatic N) is 4. The second-order valence-electron chi connectivity index (χ2n) is 7.41. The number of hydrogen-bond acceptors (Lipinski definition) is 4. The number of hydrogen-bond donors (Lipinski definition) is 1.